The minimum atomic E-state index is -0.676. The first-order valence-electron chi connectivity index (χ1n) is 5.92. The number of rotatable bonds is 2. The van der Waals surface area contributed by atoms with E-state index in [0.717, 1.165) is 9.37 Å². The molecule has 1 heterocycles. The molecule has 0 atom stereocenters. The van der Waals surface area contributed by atoms with Gasteiger partial charge in [0.05, 0.1) is 16.2 Å². The molecular weight excluding hydrogens is 340 g/mol. The van der Waals surface area contributed by atoms with E-state index < -0.39 is 16.7 Å². The van der Waals surface area contributed by atoms with Crippen LogP contribution >= 0.6 is 15.9 Å². The monoisotopic (exact) mass is 346 g/mol. The summed E-state index contributed by atoms with van der Waals surface area (Å²) in [5, 5.41) is 11.0. The van der Waals surface area contributed by atoms with Gasteiger partial charge in [0, 0.05) is 10.5 Å². The maximum atomic E-state index is 12.4. The summed E-state index contributed by atoms with van der Waals surface area (Å²) in [7, 11) is 0. The van der Waals surface area contributed by atoms with E-state index in [9.17, 15) is 19.7 Å². The fraction of sp³-hybridized carbons (Fsp3) is 0. The number of carbonyl (C=O) groups excluding carboxylic acids is 2. The van der Waals surface area contributed by atoms with E-state index >= 15 is 0 Å². The van der Waals surface area contributed by atoms with Crippen molar-refractivity contribution < 1.29 is 14.5 Å². The Labute approximate surface area is 127 Å². The number of carbonyl (C=O) groups is 2. The Balaban J connectivity index is 2.15. The molecule has 0 N–H and O–H groups in total. The Morgan fingerprint density at radius 1 is 1.00 bits per heavy atom. The first kappa shape index (κ1) is 13.4. The molecule has 21 heavy (non-hydrogen) atoms. The first-order chi connectivity index (χ1) is 10.0. The Bertz CT molecular complexity index is 786. The van der Waals surface area contributed by atoms with E-state index in [1.165, 1.54) is 18.2 Å². The Morgan fingerprint density at radius 2 is 1.67 bits per heavy atom. The van der Waals surface area contributed by atoms with E-state index in [1.807, 2.05) is 0 Å². The second-order valence-corrected chi connectivity index (χ2v) is 5.29. The van der Waals surface area contributed by atoms with Gasteiger partial charge in [0.2, 0.25) is 0 Å². The van der Waals surface area contributed by atoms with Gasteiger partial charge in [0.15, 0.2) is 0 Å². The van der Waals surface area contributed by atoms with Crippen molar-refractivity contribution in [1.82, 2.24) is 0 Å². The van der Waals surface area contributed by atoms with Crippen LogP contribution in [0.3, 0.4) is 0 Å². The standard InChI is InChI=1S/C14H7BrN2O4/c15-8-4-6-9(7-5-8)16-13(18)10-2-1-3-11(17(20)21)12(10)14(16)19/h1-7H. The number of imide groups is 1. The molecule has 0 unspecified atom stereocenters. The Hall–Kier alpha value is -2.54. The summed E-state index contributed by atoms with van der Waals surface area (Å²) in [6.45, 7) is 0. The lowest BCUT2D eigenvalue weighted by molar-refractivity contribution is -0.385. The number of hydrogen-bond donors (Lipinski definition) is 0. The smallest absolute Gasteiger partial charge is 0.268 e. The summed E-state index contributed by atoms with van der Waals surface area (Å²) in [5.41, 5.74) is -0.0864. The molecular formula is C14H7BrN2O4. The fourth-order valence-corrected chi connectivity index (χ4v) is 2.51. The highest BCUT2D eigenvalue weighted by Gasteiger charge is 2.41. The maximum absolute atomic E-state index is 12.4. The van der Waals surface area contributed by atoms with E-state index in [1.54, 1.807) is 24.3 Å². The molecule has 0 fully saturated rings. The summed E-state index contributed by atoms with van der Waals surface area (Å²) in [4.78, 5) is 36.1. The largest absolute Gasteiger partial charge is 0.283 e. The highest BCUT2D eigenvalue weighted by atomic mass is 79.9. The summed E-state index contributed by atoms with van der Waals surface area (Å²) in [6.07, 6.45) is 0. The maximum Gasteiger partial charge on any atom is 0.283 e. The van der Waals surface area contributed by atoms with Gasteiger partial charge in [-0.1, -0.05) is 22.0 Å². The van der Waals surface area contributed by atoms with Gasteiger partial charge < -0.3 is 0 Å². The van der Waals surface area contributed by atoms with Crippen LogP contribution in [-0.4, -0.2) is 16.7 Å². The third-order valence-corrected chi connectivity index (χ3v) is 3.70. The molecule has 0 spiro atoms. The lowest BCUT2D eigenvalue weighted by atomic mass is 10.1. The van der Waals surface area contributed by atoms with Gasteiger partial charge in [-0.3, -0.25) is 19.7 Å². The zero-order chi connectivity index (χ0) is 15.1. The Kier molecular flexibility index (Phi) is 3.06. The number of amides is 2. The molecule has 6 nitrogen and oxygen atoms in total. The van der Waals surface area contributed by atoms with Crippen molar-refractivity contribution in [3.63, 3.8) is 0 Å². The fourth-order valence-electron chi connectivity index (χ4n) is 2.24. The normalized spacial score (nSPS) is 13.5. The summed E-state index contributed by atoms with van der Waals surface area (Å²) in [5.74, 6) is -1.23. The molecule has 0 radical (unpaired) electrons. The van der Waals surface area contributed by atoms with E-state index in [0.29, 0.717) is 5.69 Å². The van der Waals surface area contributed by atoms with Crippen LogP contribution in [0.2, 0.25) is 0 Å². The number of halogens is 1. The number of anilines is 1. The number of nitro benzene ring substituents is 1. The van der Waals surface area contributed by atoms with Crippen LogP contribution in [0, 0.1) is 10.1 Å². The Morgan fingerprint density at radius 3 is 2.29 bits per heavy atom. The van der Waals surface area contributed by atoms with E-state index in [4.69, 9.17) is 0 Å². The van der Waals surface area contributed by atoms with Gasteiger partial charge in [0.1, 0.15) is 5.56 Å². The molecule has 0 bridgehead atoms. The zero-order valence-electron chi connectivity index (χ0n) is 10.4. The molecule has 3 rings (SSSR count). The molecule has 2 aromatic rings. The lowest BCUT2D eigenvalue weighted by Crippen LogP contribution is -2.29. The van der Waals surface area contributed by atoms with Crippen LogP contribution in [0.5, 0.6) is 0 Å². The first-order valence-corrected chi connectivity index (χ1v) is 6.72. The predicted octanol–water partition coefficient (Wildman–Crippen LogP) is 3.16. The van der Waals surface area contributed by atoms with Crippen LogP contribution in [-0.2, 0) is 0 Å². The van der Waals surface area contributed by atoms with Gasteiger partial charge in [-0.05, 0) is 30.3 Å². The average molecular weight is 347 g/mol. The van der Waals surface area contributed by atoms with Crippen LogP contribution in [0.15, 0.2) is 46.9 Å². The van der Waals surface area contributed by atoms with Crippen molar-refractivity contribution in [2.45, 2.75) is 0 Å². The molecule has 2 amide bonds. The third kappa shape index (κ3) is 2.02. The quantitative estimate of drug-likeness (QED) is 0.475. The minimum absolute atomic E-state index is 0.0529. The second-order valence-electron chi connectivity index (χ2n) is 4.38. The molecule has 0 aromatic heterocycles. The molecule has 0 aliphatic carbocycles. The van der Waals surface area contributed by atoms with Gasteiger partial charge in [0.25, 0.3) is 17.5 Å². The third-order valence-electron chi connectivity index (χ3n) is 3.17. The molecule has 1 aliphatic rings. The second kappa shape index (κ2) is 4.78. The van der Waals surface area contributed by atoms with Gasteiger partial charge in [-0.15, -0.1) is 0 Å². The number of hydrogen-bond acceptors (Lipinski definition) is 4. The van der Waals surface area contributed by atoms with Crippen molar-refractivity contribution in [3.8, 4) is 0 Å². The van der Waals surface area contributed by atoms with E-state index in [-0.39, 0.29) is 16.8 Å². The minimum Gasteiger partial charge on any atom is -0.268 e. The van der Waals surface area contributed by atoms with Gasteiger partial charge in [-0.2, -0.15) is 0 Å². The van der Waals surface area contributed by atoms with E-state index in [2.05, 4.69) is 15.9 Å². The average Bonchev–Trinajstić information content (AvgIpc) is 2.72. The van der Waals surface area contributed by atoms with Crippen molar-refractivity contribution in [1.29, 1.82) is 0 Å². The molecule has 0 saturated carbocycles. The van der Waals surface area contributed by atoms with Crippen LogP contribution in [0.1, 0.15) is 20.7 Å². The van der Waals surface area contributed by atoms with Gasteiger partial charge in [-0.25, -0.2) is 4.90 Å². The van der Waals surface area contributed by atoms with Crippen molar-refractivity contribution in [3.05, 3.63) is 68.2 Å². The molecule has 7 heteroatoms. The molecule has 0 saturated heterocycles. The predicted molar refractivity (Wildman–Crippen MR) is 78.4 cm³/mol. The number of fused-ring (bicyclic) bond motifs is 1. The van der Waals surface area contributed by atoms with Crippen LogP contribution < -0.4 is 4.90 Å². The number of nitrogens with zero attached hydrogens (tertiary/aromatic N) is 2. The van der Waals surface area contributed by atoms with Crippen LogP contribution in [0.25, 0.3) is 0 Å². The summed E-state index contributed by atoms with van der Waals surface area (Å²) >= 11 is 3.27. The topological polar surface area (TPSA) is 80.5 Å². The summed E-state index contributed by atoms with van der Waals surface area (Å²) in [6, 6.07) is 10.6. The molecule has 2 aromatic carbocycles. The van der Waals surface area contributed by atoms with Crippen molar-refractivity contribution >= 4 is 39.1 Å². The zero-order valence-corrected chi connectivity index (χ0v) is 12.0. The molecule has 1 aliphatic heterocycles. The lowest BCUT2D eigenvalue weighted by Gasteiger charge is -2.13. The number of benzene rings is 2. The SMILES string of the molecule is O=C1c2cccc([N+](=O)[O-])c2C(=O)N1c1ccc(Br)cc1. The van der Waals surface area contributed by atoms with Crippen molar-refractivity contribution in [2.75, 3.05) is 4.90 Å². The summed E-state index contributed by atoms with van der Waals surface area (Å²) < 4.78 is 0.800. The highest BCUT2D eigenvalue weighted by Crippen LogP contribution is 2.34. The highest BCUT2D eigenvalue weighted by molar-refractivity contribution is 9.10. The molecule has 104 valence electrons. The number of nitro groups is 1. The van der Waals surface area contributed by atoms with Crippen LogP contribution in [0.4, 0.5) is 11.4 Å². The van der Waals surface area contributed by atoms with Gasteiger partial charge >= 0.3 is 0 Å². The van der Waals surface area contributed by atoms with Crippen molar-refractivity contribution in [2.24, 2.45) is 0 Å².